The molecule has 2 rings (SSSR count). The van der Waals surface area contributed by atoms with Crippen LogP contribution in [0.15, 0.2) is 0 Å². The van der Waals surface area contributed by atoms with E-state index in [1.807, 2.05) is 0 Å². The van der Waals surface area contributed by atoms with Crippen LogP contribution in [0.1, 0.15) is 0 Å². The van der Waals surface area contributed by atoms with Gasteiger partial charge in [0.15, 0.2) is 0 Å². The Morgan fingerprint density at radius 3 is 0.792 bits per heavy atom. The molecular formula is C18H34O28P4Zn3. The Kier molecular flexibility index (Phi) is 27.7. The fraction of sp³-hybridized carbons (Fsp3) is 1.00. The van der Waals surface area contributed by atoms with E-state index < -0.39 is 143 Å². The van der Waals surface area contributed by atoms with Gasteiger partial charge in [-0.15, -0.1) is 0 Å². The van der Waals surface area contributed by atoms with Crippen LogP contribution in [-0.4, -0.2) is 173 Å². The van der Waals surface area contributed by atoms with Gasteiger partial charge in [-0.25, -0.2) is 0 Å². The predicted molar refractivity (Wildman–Crippen MR) is 136 cm³/mol. The average Bonchev–Trinajstić information content (AvgIpc) is 3.00. The van der Waals surface area contributed by atoms with Gasteiger partial charge < -0.3 is 127 Å². The second-order valence-corrected chi connectivity index (χ2v) is 15.2. The van der Waals surface area contributed by atoms with Crippen LogP contribution in [0.3, 0.4) is 0 Å². The molecule has 0 spiro atoms. The number of rotatable bonds is 16. The molecule has 0 aliphatic heterocycles. The van der Waals surface area contributed by atoms with Gasteiger partial charge in [0.05, 0.1) is 42.1 Å². The number of aliphatic hydroxyl groups is 12. The van der Waals surface area contributed by atoms with Gasteiger partial charge in [-0.2, -0.15) is 0 Å². The van der Waals surface area contributed by atoms with Gasteiger partial charge in [0.2, 0.25) is 0 Å². The van der Waals surface area contributed by atoms with Crippen LogP contribution >= 0.6 is 31.3 Å². The summed E-state index contributed by atoms with van der Waals surface area (Å²) in [5, 5.41) is 113. The molecule has 16 atom stereocenters. The fourth-order valence-corrected chi connectivity index (χ4v) is 7.00. The van der Waals surface area contributed by atoms with Gasteiger partial charge in [-0.1, -0.05) is 0 Å². The molecule has 8 unspecified atom stereocenters. The van der Waals surface area contributed by atoms with Crippen LogP contribution in [-0.2, 0) is 104 Å². The molecule has 0 aromatic heterocycles. The third-order valence-corrected chi connectivity index (χ3v) is 9.30. The second kappa shape index (κ2) is 24.8. The molecule has 28 nitrogen and oxygen atoms in total. The summed E-state index contributed by atoms with van der Waals surface area (Å²) in [6.45, 7) is -3.53. The van der Waals surface area contributed by atoms with Gasteiger partial charge in [0.25, 0.3) is 15.6 Å². The molecule has 300 valence electrons. The molecule has 0 heterocycles. The Morgan fingerprint density at radius 1 is 0.434 bits per heavy atom. The summed E-state index contributed by atoms with van der Waals surface area (Å²) in [6, 6.07) is 0. The summed E-state index contributed by atoms with van der Waals surface area (Å²) in [4.78, 5) is 65.4. The number of phosphoric ester groups is 4. The van der Waals surface area contributed by atoms with E-state index in [-0.39, 0.29) is 58.4 Å². The van der Waals surface area contributed by atoms with Crippen molar-refractivity contribution in [2.75, 3.05) is 26.4 Å². The molecule has 2 fully saturated rings. The smallest absolute Gasteiger partial charge is 0.790 e. The summed E-state index contributed by atoms with van der Waals surface area (Å²) in [5.41, 5.74) is 0. The van der Waals surface area contributed by atoms with Crippen LogP contribution in [0.4, 0.5) is 0 Å². The first kappa shape index (κ1) is 59.1. The normalized spacial score (nSPS) is 35.4. The fourth-order valence-electron chi connectivity index (χ4n) is 3.98. The summed E-state index contributed by atoms with van der Waals surface area (Å²) >= 11 is 0. The van der Waals surface area contributed by atoms with Crippen molar-refractivity contribution < 1.29 is 194 Å². The second-order valence-electron chi connectivity index (χ2n) is 10.3. The monoisotopic (exact) mass is 1010 g/mol. The third kappa shape index (κ3) is 19.6. The molecule has 35 heteroatoms. The SMILES string of the molecule is O=P([O-])([O-])OC1[C@@H](O)[C@H](O)C(OP(=O)([O-])OCC(O)CO)[C@@H](O)[C@H]1O.O=P([O-])([O-])OC1[C@@H](O)[C@H](O)C(OP(=O)([O-])OCC(O)CO)[C@@H](O)[C@H]1O.[Zn+2].[Zn+2].[Zn+2]. The Labute approximate surface area is 336 Å². The molecule has 0 aromatic rings. The van der Waals surface area contributed by atoms with Gasteiger partial charge in [0.1, 0.15) is 85.5 Å². The third-order valence-electron chi connectivity index (χ3n) is 6.37. The predicted octanol–water partition coefficient (Wildman–Crippen LogP) is -12.2. The van der Waals surface area contributed by atoms with Crippen molar-refractivity contribution in [3.63, 3.8) is 0 Å². The first-order valence-electron chi connectivity index (χ1n) is 13.3. The van der Waals surface area contributed by atoms with Gasteiger partial charge in [-0.3, -0.25) is 9.13 Å². The van der Waals surface area contributed by atoms with Crippen molar-refractivity contribution in [1.29, 1.82) is 0 Å². The van der Waals surface area contributed by atoms with E-state index in [2.05, 4.69) is 27.1 Å². The number of phosphoric acid groups is 4. The molecular weight excluding hydrogens is 984 g/mol. The maximum absolute atomic E-state index is 11.6. The Bertz CT molecular complexity index is 1120. The molecule has 2 saturated carbocycles. The van der Waals surface area contributed by atoms with E-state index in [1.54, 1.807) is 0 Å². The van der Waals surface area contributed by atoms with Crippen molar-refractivity contribution in [3.05, 3.63) is 0 Å². The average molecular weight is 1020 g/mol. The van der Waals surface area contributed by atoms with Crippen molar-refractivity contribution in [2.24, 2.45) is 0 Å². The zero-order chi connectivity index (χ0) is 39.2. The zero-order valence-corrected chi connectivity index (χ0v) is 39.2. The molecule has 0 saturated heterocycles. The maximum atomic E-state index is 11.6. The van der Waals surface area contributed by atoms with Crippen LogP contribution in [0.5, 0.6) is 0 Å². The maximum Gasteiger partial charge on any atom is 2.00 e. The first-order chi connectivity index (χ1) is 22.6. The molecule has 0 bridgehead atoms. The molecule has 12 N–H and O–H groups in total. The van der Waals surface area contributed by atoms with E-state index >= 15 is 0 Å². The Balaban J connectivity index is -0.000000893. The van der Waals surface area contributed by atoms with E-state index in [0.29, 0.717) is 0 Å². The molecule has 0 radical (unpaired) electrons. The molecule has 0 amide bonds. The van der Waals surface area contributed by atoms with Gasteiger partial charge in [-0.05, 0) is 0 Å². The van der Waals surface area contributed by atoms with Gasteiger partial charge >= 0.3 is 58.4 Å². The summed E-state index contributed by atoms with van der Waals surface area (Å²) in [7, 11) is -22.0. The largest absolute Gasteiger partial charge is 2.00 e. The van der Waals surface area contributed by atoms with Crippen molar-refractivity contribution >= 4 is 31.3 Å². The minimum Gasteiger partial charge on any atom is -0.790 e. The Morgan fingerprint density at radius 2 is 0.623 bits per heavy atom. The zero-order valence-electron chi connectivity index (χ0n) is 26.7. The Hall–Kier alpha value is 1.83. The number of aliphatic hydroxyl groups excluding tert-OH is 12. The van der Waals surface area contributed by atoms with E-state index in [1.165, 1.54) is 0 Å². The topological polar surface area (TPSA) is 505 Å². The molecule has 0 aromatic carbocycles. The van der Waals surface area contributed by atoms with Crippen molar-refractivity contribution in [1.82, 2.24) is 0 Å². The quantitative estimate of drug-likeness (QED) is 0.0504. The summed E-state index contributed by atoms with van der Waals surface area (Å²) in [6.07, 6.45) is -30.6. The van der Waals surface area contributed by atoms with Crippen molar-refractivity contribution in [2.45, 2.75) is 85.5 Å². The van der Waals surface area contributed by atoms with Gasteiger partial charge in [0, 0.05) is 0 Å². The van der Waals surface area contributed by atoms with Crippen LogP contribution in [0, 0.1) is 0 Å². The van der Waals surface area contributed by atoms with Crippen LogP contribution in [0.25, 0.3) is 0 Å². The summed E-state index contributed by atoms with van der Waals surface area (Å²) in [5.74, 6) is 0. The molecule has 53 heavy (non-hydrogen) atoms. The standard InChI is InChI=1S/2C9H20O14P2.3Zn/c2*10-1-3(11)2-21-25(19,20)23-9-6(14)4(12)8(5(13)7(9)15)22-24(16,17)18;;;/h2*3-15H,1-2H2,(H,19,20)(H2,16,17,18);;;/q;;3*+2/p-6/t2*3?,4-,5+,6-,7-,8?,9?;;;/m00.../s1. The number of hydrogen-bond acceptors (Lipinski definition) is 28. The summed E-state index contributed by atoms with van der Waals surface area (Å²) < 4.78 is 68.9. The van der Waals surface area contributed by atoms with E-state index in [4.69, 9.17) is 20.4 Å². The van der Waals surface area contributed by atoms with Crippen LogP contribution in [0.2, 0.25) is 0 Å². The van der Waals surface area contributed by atoms with E-state index in [9.17, 15) is 88.5 Å². The molecule has 2 aliphatic rings. The van der Waals surface area contributed by atoms with E-state index in [0.717, 1.165) is 0 Å². The van der Waals surface area contributed by atoms with Crippen molar-refractivity contribution in [3.8, 4) is 0 Å². The minimum absolute atomic E-state index is 0. The number of hydrogen-bond donors (Lipinski definition) is 12. The van der Waals surface area contributed by atoms with Crippen LogP contribution < -0.4 is 29.4 Å². The first-order valence-corrected chi connectivity index (χ1v) is 19.1. The minimum atomic E-state index is -5.72. The molecule has 2 aliphatic carbocycles.